The van der Waals surface area contributed by atoms with Gasteiger partial charge < -0.3 is 15.2 Å². The number of methoxy groups -OCH3 is 1. The van der Waals surface area contributed by atoms with Crippen LogP contribution in [0.3, 0.4) is 0 Å². The summed E-state index contributed by atoms with van der Waals surface area (Å²) in [5.41, 5.74) is 1.27. The maximum absolute atomic E-state index is 11.8. The molecular formula is C12H14ClNO4. The van der Waals surface area contributed by atoms with Crippen molar-refractivity contribution in [3.8, 4) is 0 Å². The van der Waals surface area contributed by atoms with E-state index in [1.54, 1.807) is 24.3 Å². The molecule has 1 unspecified atom stereocenters. The van der Waals surface area contributed by atoms with E-state index < -0.39 is 24.5 Å². The van der Waals surface area contributed by atoms with Gasteiger partial charge in [-0.3, -0.25) is 4.79 Å². The minimum absolute atomic E-state index is 0.364. The number of amides is 1. The van der Waals surface area contributed by atoms with Crippen LogP contribution in [-0.2, 0) is 15.4 Å². The van der Waals surface area contributed by atoms with Crippen LogP contribution >= 0.6 is 11.6 Å². The first-order valence-corrected chi connectivity index (χ1v) is 5.80. The van der Waals surface area contributed by atoms with Crippen molar-refractivity contribution in [1.82, 2.24) is 5.32 Å². The predicted octanol–water partition coefficient (Wildman–Crippen LogP) is 0.689. The molecule has 0 heterocycles. The Kier molecular flexibility index (Phi) is 5.61. The van der Waals surface area contributed by atoms with Crippen LogP contribution in [0.5, 0.6) is 0 Å². The summed E-state index contributed by atoms with van der Waals surface area (Å²) in [7, 11) is 1.19. The van der Waals surface area contributed by atoms with E-state index in [0.717, 1.165) is 5.56 Å². The highest BCUT2D eigenvalue weighted by Crippen LogP contribution is 2.07. The number of ether oxygens (including phenoxy) is 1. The lowest BCUT2D eigenvalue weighted by atomic mass is 10.1. The van der Waals surface area contributed by atoms with Crippen LogP contribution in [0.25, 0.3) is 0 Å². The quantitative estimate of drug-likeness (QED) is 0.610. The molecule has 0 aliphatic carbocycles. The van der Waals surface area contributed by atoms with Crippen LogP contribution in [-0.4, -0.2) is 36.7 Å². The Morgan fingerprint density at radius 2 is 2.00 bits per heavy atom. The van der Waals surface area contributed by atoms with Crippen LogP contribution in [0.2, 0.25) is 0 Å². The fourth-order valence-corrected chi connectivity index (χ4v) is 1.49. The monoisotopic (exact) mass is 271 g/mol. The number of alkyl halides is 1. The Hall–Kier alpha value is -1.59. The molecule has 1 amide bonds. The molecule has 1 rings (SSSR count). The fourth-order valence-electron chi connectivity index (χ4n) is 1.31. The Morgan fingerprint density at radius 1 is 1.39 bits per heavy atom. The lowest BCUT2D eigenvalue weighted by molar-refractivity contribution is -0.143. The van der Waals surface area contributed by atoms with Crippen molar-refractivity contribution in [2.75, 3.05) is 13.7 Å². The van der Waals surface area contributed by atoms with E-state index in [1.165, 1.54) is 7.11 Å². The van der Waals surface area contributed by atoms with Gasteiger partial charge in [0.25, 0.3) is 5.91 Å². The number of halogens is 1. The largest absolute Gasteiger partial charge is 0.467 e. The number of rotatable bonds is 5. The third kappa shape index (κ3) is 3.72. The summed E-state index contributed by atoms with van der Waals surface area (Å²) in [6, 6.07) is 5.56. The first kappa shape index (κ1) is 14.5. The number of esters is 1. The minimum Gasteiger partial charge on any atom is -0.467 e. The van der Waals surface area contributed by atoms with Crippen molar-refractivity contribution < 1.29 is 19.4 Å². The Morgan fingerprint density at radius 3 is 2.44 bits per heavy atom. The Labute approximate surface area is 110 Å². The topological polar surface area (TPSA) is 75.6 Å². The minimum atomic E-state index is -1.06. The van der Waals surface area contributed by atoms with E-state index in [4.69, 9.17) is 16.7 Å². The van der Waals surface area contributed by atoms with Gasteiger partial charge in [-0.15, -0.1) is 11.6 Å². The second-order valence-corrected chi connectivity index (χ2v) is 3.83. The molecule has 5 nitrogen and oxygen atoms in total. The van der Waals surface area contributed by atoms with Gasteiger partial charge in [0.1, 0.15) is 0 Å². The number of aliphatic hydroxyl groups is 1. The molecule has 0 aliphatic heterocycles. The van der Waals surface area contributed by atoms with E-state index >= 15 is 0 Å². The van der Waals surface area contributed by atoms with E-state index in [9.17, 15) is 9.59 Å². The number of aliphatic hydroxyl groups excluding tert-OH is 1. The smallest absolute Gasteiger partial charge is 0.330 e. The van der Waals surface area contributed by atoms with Gasteiger partial charge in [0.15, 0.2) is 6.04 Å². The molecule has 2 N–H and O–H groups in total. The zero-order valence-electron chi connectivity index (χ0n) is 9.85. The fraction of sp³-hybridized carbons (Fsp3) is 0.333. The number of hydrogen-bond acceptors (Lipinski definition) is 4. The molecule has 98 valence electrons. The van der Waals surface area contributed by atoms with Crippen LogP contribution in [0.4, 0.5) is 0 Å². The molecule has 6 heteroatoms. The number of carbonyl (C=O) groups excluding carboxylic acids is 2. The van der Waals surface area contributed by atoms with E-state index in [-0.39, 0.29) is 0 Å². The van der Waals surface area contributed by atoms with Crippen molar-refractivity contribution >= 4 is 23.5 Å². The lowest BCUT2D eigenvalue weighted by Crippen LogP contribution is -2.44. The predicted molar refractivity (Wildman–Crippen MR) is 66.4 cm³/mol. The second kappa shape index (κ2) is 6.98. The van der Waals surface area contributed by atoms with Gasteiger partial charge in [0, 0.05) is 11.4 Å². The van der Waals surface area contributed by atoms with Gasteiger partial charge in [-0.05, 0) is 17.7 Å². The zero-order valence-corrected chi connectivity index (χ0v) is 10.6. The number of nitrogens with one attached hydrogen (secondary N) is 1. The Bertz CT molecular complexity index is 419. The maximum Gasteiger partial charge on any atom is 0.330 e. The molecule has 0 saturated heterocycles. The van der Waals surface area contributed by atoms with Gasteiger partial charge in [0.05, 0.1) is 13.7 Å². The van der Waals surface area contributed by atoms with Crippen LogP contribution in [0, 0.1) is 0 Å². The standard InChI is InChI=1S/C12H14ClNO4/c1-18-12(17)10(7-15)14-11(16)9-4-2-8(6-13)3-5-9/h2-5,10,15H,6-7H2,1H3,(H,14,16). The van der Waals surface area contributed by atoms with Gasteiger partial charge in [-0.2, -0.15) is 0 Å². The third-order valence-electron chi connectivity index (χ3n) is 2.34. The third-order valence-corrected chi connectivity index (χ3v) is 2.65. The molecule has 18 heavy (non-hydrogen) atoms. The summed E-state index contributed by atoms with van der Waals surface area (Å²) in [6.07, 6.45) is 0. The molecule has 1 atom stereocenters. The van der Waals surface area contributed by atoms with Crippen molar-refractivity contribution in [2.24, 2.45) is 0 Å². The zero-order chi connectivity index (χ0) is 13.5. The van der Waals surface area contributed by atoms with Crippen LogP contribution < -0.4 is 5.32 Å². The van der Waals surface area contributed by atoms with Crippen molar-refractivity contribution in [3.63, 3.8) is 0 Å². The van der Waals surface area contributed by atoms with Gasteiger partial charge in [-0.1, -0.05) is 12.1 Å². The summed E-state index contributed by atoms with van der Waals surface area (Å²) in [5, 5.41) is 11.3. The van der Waals surface area contributed by atoms with Gasteiger partial charge in [0.2, 0.25) is 0 Å². The SMILES string of the molecule is COC(=O)C(CO)NC(=O)c1ccc(CCl)cc1. The first-order chi connectivity index (χ1) is 8.62. The molecule has 1 aromatic carbocycles. The lowest BCUT2D eigenvalue weighted by Gasteiger charge is -2.13. The highest BCUT2D eigenvalue weighted by atomic mass is 35.5. The first-order valence-electron chi connectivity index (χ1n) is 5.26. The molecule has 0 aliphatic rings. The van der Waals surface area contributed by atoms with Crippen LogP contribution in [0.1, 0.15) is 15.9 Å². The second-order valence-electron chi connectivity index (χ2n) is 3.56. The van der Waals surface area contributed by atoms with Crippen LogP contribution in [0.15, 0.2) is 24.3 Å². The van der Waals surface area contributed by atoms with Crippen molar-refractivity contribution in [1.29, 1.82) is 0 Å². The number of hydrogen-bond donors (Lipinski definition) is 2. The normalized spacial score (nSPS) is 11.7. The molecule has 0 aromatic heterocycles. The molecule has 0 radical (unpaired) electrons. The average Bonchev–Trinajstić information content (AvgIpc) is 2.43. The molecule has 0 spiro atoms. The van der Waals surface area contributed by atoms with E-state index in [2.05, 4.69) is 10.1 Å². The highest BCUT2D eigenvalue weighted by molar-refractivity contribution is 6.17. The van der Waals surface area contributed by atoms with E-state index in [0.29, 0.717) is 11.4 Å². The van der Waals surface area contributed by atoms with Gasteiger partial charge in [-0.25, -0.2) is 4.79 Å². The molecule has 0 fully saturated rings. The summed E-state index contributed by atoms with van der Waals surface area (Å²) in [5.74, 6) is -0.785. The van der Waals surface area contributed by atoms with E-state index in [1.807, 2.05) is 0 Å². The average molecular weight is 272 g/mol. The maximum atomic E-state index is 11.8. The number of benzene rings is 1. The van der Waals surface area contributed by atoms with Crippen molar-refractivity contribution in [2.45, 2.75) is 11.9 Å². The number of carbonyl (C=O) groups is 2. The molecular weight excluding hydrogens is 258 g/mol. The van der Waals surface area contributed by atoms with Crippen molar-refractivity contribution in [3.05, 3.63) is 35.4 Å². The summed E-state index contributed by atoms with van der Waals surface area (Å²) in [6.45, 7) is -0.516. The highest BCUT2D eigenvalue weighted by Gasteiger charge is 2.20. The molecule has 0 saturated carbocycles. The van der Waals surface area contributed by atoms with Gasteiger partial charge >= 0.3 is 5.97 Å². The Balaban J connectivity index is 2.71. The summed E-state index contributed by atoms with van der Waals surface area (Å²) >= 11 is 5.63. The molecule has 0 bridgehead atoms. The summed E-state index contributed by atoms with van der Waals surface area (Å²) in [4.78, 5) is 23.0. The molecule has 1 aromatic rings. The summed E-state index contributed by atoms with van der Waals surface area (Å²) < 4.78 is 4.45.